The van der Waals surface area contributed by atoms with E-state index in [1.165, 1.54) is 5.56 Å². The summed E-state index contributed by atoms with van der Waals surface area (Å²) in [6.45, 7) is 0. The van der Waals surface area contributed by atoms with Gasteiger partial charge >= 0.3 is 0 Å². The molecule has 1 aromatic rings. The number of phenols is 1. The average molecular weight is 264 g/mol. The summed E-state index contributed by atoms with van der Waals surface area (Å²) in [5, 5.41) is 9.24. The molecule has 1 nitrogen and oxygen atoms in total. The first-order valence-corrected chi connectivity index (χ1v) is 5.70. The Balaban J connectivity index is 3.04. The molecule has 0 saturated carbocycles. The molecule has 10 heavy (non-hydrogen) atoms. The number of aromatic hydroxyl groups is 1. The third-order valence-corrected chi connectivity index (χ3v) is 3.15. The van der Waals surface area contributed by atoms with Crippen LogP contribution in [-0.2, 0) is 6.04 Å². The van der Waals surface area contributed by atoms with Gasteiger partial charge in [0.05, 0.1) is 3.57 Å². The third kappa shape index (κ3) is 1.73. The second kappa shape index (κ2) is 3.38. The van der Waals surface area contributed by atoms with E-state index in [-0.39, 0.29) is 0 Å². The molecule has 0 saturated heterocycles. The van der Waals surface area contributed by atoms with E-state index in [1.54, 1.807) is 0 Å². The monoisotopic (exact) mass is 264 g/mol. The summed E-state index contributed by atoms with van der Waals surface area (Å²) in [5.74, 6) is 0.411. The van der Waals surface area contributed by atoms with Gasteiger partial charge in [0.15, 0.2) is 0 Å². The van der Waals surface area contributed by atoms with Gasteiger partial charge in [-0.25, -0.2) is 0 Å². The molecular formula is C7H9IOSi. The lowest BCUT2D eigenvalue weighted by Gasteiger charge is -1.98. The van der Waals surface area contributed by atoms with E-state index in [1.807, 2.05) is 12.1 Å². The number of hydrogen-bond acceptors (Lipinski definition) is 1. The zero-order chi connectivity index (χ0) is 7.56. The third-order valence-electron chi connectivity index (χ3n) is 1.42. The quantitative estimate of drug-likeness (QED) is 0.589. The standard InChI is InChI=1S/C7H9IOSi/c8-6-2-1-5(4-10)3-7(6)9/h1-3,9H,4H2,10H3. The number of benzene rings is 1. The Morgan fingerprint density at radius 1 is 1.50 bits per heavy atom. The molecule has 0 unspecified atom stereocenters. The van der Waals surface area contributed by atoms with E-state index in [2.05, 4.69) is 28.7 Å². The van der Waals surface area contributed by atoms with Crippen LogP contribution in [0.5, 0.6) is 5.75 Å². The Bertz CT molecular complexity index is 237. The van der Waals surface area contributed by atoms with Gasteiger partial charge in [-0.3, -0.25) is 0 Å². The molecule has 0 aromatic heterocycles. The predicted octanol–water partition coefficient (Wildman–Crippen LogP) is 0.862. The summed E-state index contributed by atoms with van der Waals surface area (Å²) >= 11 is 2.12. The Kier molecular flexibility index (Phi) is 2.73. The summed E-state index contributed by atoms with van der Waals surface area (Å²) in [4.78, 5) is 0. The van der Waals surface area contributed by atoms with Crippen molar-refractivity contribution in [2.24, 2.45) is 0 Å². The van der Waals surface area contributed by atoms with Crippen LogP contribution in [-0.4, -0.2) is 15.3 Å². The highest BCUT2D eigenvalue weighted by Gasteiger charge is 1.96. The lowest BCUT2D eigenvalue weighted by molar-refractivity contribution is 0.471. The van der Waals surface area contributed by atoms with Crippen molar-refractivity contribution >= 4 is 32.8 Å². The fourth-order valence-electron chi connectivity index (χ4n) is 0.778. The minimum atomic E-state index is 0.411. The Hall–Kier alpha value is -0.0331. The summed E-state index contributed by atoms with van der Waals surface area (Å²) in [6, 6.07) is 6.97. The molecule has 0 aliphatic carbocycles. The van der Waals surface area contributed by atoms with Gasteiger partial charge in [-0.15, -0.1) is 0 Å². The molecule has 3 heteroatoms. The van der Waals surface area contributed by atoms with Crippen molar-refractivity contribution < 1.29 is 5.11 Å². The summed E-state index contributed by atoms with van der Waals surface area (Å²) in [5.41, 5.74) is 1.24. The molecule has 1 rings (SSSR count). The molecule has 0 bridgehead atoms. The Labute approximate surface area is 77.0 Å². The molecule has 0 aliphatic heterocycles. The minimum absolute atomic E-state index is 0.411. The van der Waals surface area contributed by atoms with Crippen LogP contribution in [0.25, 0.3) is 0 Å². The number of phenolic OH excluding ortho intramolecular Hbond substituents is 1. The van der Waals surface area contributed by atoms with E-state index in [0.29, 0.717) is 5.75 Å². The molecule has 0 fully saturated rings. The summed E-state index contributed by atoms with van der Waals surface area (Å²) < 4.78 is 0.927. The van der Waals surface area contributed by atoms with Gasteiger partial charge in [-0.2, -0.15) is 0 Å². The van der Waals surface area contributed by atoms with Gasteiger partial charge in [0.1, 0.15) is 5.75 Å². The summed E-state index contributed by atoms with van der Waals surface area (Å²) in [7, 11) is 1.16. The maximum Gasteiger partial charge on any atom is 0.129 e. The fraction of sp³-hybridized carbons (Fsp3) is 0.143. The van der Waals surface area contributed by atoms with Crippen LogP contribution in [0.4, 0.5) is 0 Å². The minimum Gasteiger partial charge on any atom is -0.507 e. The van der Waals surface area contributed by atoms with Gasteiger partial charge in [0, 0.05) is 10.2 Å². The van der Waals surface area contributed by atoms with Gasteiger partial charge < -0.3 is 5.11 Å². The highest BCUT2D eigenvalue weighted by Crippen LogP contribution is 2.19. The SMILES string of the molecule is Oc1cc(C[SiH3])ccc1I. The van der Waals surface area contributed by atoms with Gasteiger partial charge in [-0.05, 0) is 46.3 Å². The van der Waals surface area contributed by atoms with Crippen LogP contribution in [0.1, 0.15) is 5.56 Å². The average Bonchev–Trinajstić information content (AvgIpc) is 1.95. The predicted molar refractivity (Wildman–Crippen MR) is 54.5 cm³/mol. The van der Waals surface area contributed by atoms with Crippen LogP contribution >= 0.6 is 22.6 Å². The summed E-state index contributed by atoms with van der Waals surface area (Å²) in [6.07, 6.45) is 0. The van der Waals surface area contributed by atoms with Crippen LogP contribution < -0.4 is 0 Å². The van der Waals surface area contributed by atoms with E-state index in [0.717, 1.165) is 19.9 Å². The van der Waals surface area contributed by atoms with Crippen LogP contribution in [0.15, 0.2) is 18.2 Å². The lowest BCUT2D eigenvalue weighted by Crippen LogP contribution is -1.83. The maximum absolute atomic E-state index is 9.24. The van der Waals surface area contributed by atoms with Gasteiger partial charge in [0.2, 0.25) is 0 Å². The Morgan fingerprint density at radius 3 is 2.70 bits per heavy atom. The molecule has 0 radical (unpaired) electrons. The zero-order valence-corrected chi connectivity index (χ0v) is 9.92. The fourth-order valence-corrected chi connectivity index (χ4v) is 1.55. The van der Waals surface area contributed by atoms with Gasteiger partial charge in [-0.1, -0.05) is 6.07 Å². The molecule has 0 amide bonds. The number of rotatable bonds is 1. The van der Waals surface area contributed by atoms with E-state index >= 15 is 0 Å². The topological polar surface area (TPSA) is 20.2 Å². The highest BCUT2D eigenvalue weighted by atomic mass is 127. The zero-order valence-electron chi connectivity index (χ0n) is 5.76. The molecule has 0 atom stereocenters. The molecule has 1 aromatic carbocycles. The van der Waals surface area contributed by atoms with Crippen molar-refractivity contribution in [3.8, 4) is 5.75 Å². The second-order valence-electron chi connectivity index (χ2n) is 2.14. The number of hydrogen-bond donors (Lipinski definition) is 1. The van der Waals surface area contributed by atoms with Crippen LogP contribution in [0.2, 0.25) is 0 Å². The number of halogens is 1. The molecule has 0 heterocycles. The first-order chi connectivity index (χ1) is 4.74. The van der Waals surface area contributed by atoms with Crippen molar-refractivity contribution in [1.82, 2.24) is 0 Å². The van der Waals surface area contributed by atoms with E-state index in [4.69, 9.17) is 0 Å². The van der Waals surface area contributed by atoms with Crippen molar-refractivity contribution in [3.63, 3.8) is 0 Å². The molecule has 54 valence electrons. The lowest BCUT2D eigenvalue weighted by atomic mass is 10.2. The van der Waals surface area contributed by atoms with Crippen molar-refractivity contribution in [3.05, 3.63) is 27.3 Å². The van der Waals surface area contributed by atoms with E-state index in [9.17, 15) is 5.11 Å². The molecule has 0 spiro atoms. The van der Waals surface area contributed by atoms with Crippen LogP contribution in [0.3, 0.4) is 0 Å². The van der Waals surface area contributed by atoms with Crippen molar-refractivity contribution in [2.45, 2.75) is 6.04 Å². The molecule has 1 N–H and O–H groups in total. The second-order valence-corrected chi connectivity index (χ2v) is 4.01. The molecule has 0 aliphatic rings. The smallest absolute Gasteiger partial charge is 0.129 e. The van der Waals surface area contributed by atoms with Crippen LogP contribution in [0, 0.1) is 3.57 Å². The first kappa shape index (κ1) is 8.07. The first-order valence-electron chi connectivity index (χ1n) is 3.21. The van der Waals surface area contributed by atoms with Gasteiger partial charge in [0.25, 0.3) is 0 Å². The molecular weight excluding hydrogens is 255 g/mol. The van der Waals surface area contributed by atoms with E-state index < -0.39 is 0 Å². The van der Waals surface area contributed by atoms with Crippen molar-refractivity contribution in [1.29, 1.82) is 0 Å². The highest BCUT2D eigenvalue weighted by molar-refractivity contribution is 14.1. The maximum atomic E-state index is 9.24. The normalized spacial score (nSPS) is 10.1. The Morgan fingerprint density at radius 2 is 2.20 bits per heavy atom. The van der Waals surface area contributed by atoms with Crippen molar-refractivity contribution in [2.75, 3.05) is 0 Å². The largest absolute Gasteiger partial charge is 0.507 e.